The number of carboxylic acid groups (broad SMARTS) is 2. The second-order valence-electron chi connectivity index (χ2n) is 14.1. The molecule has 14 heteroatoms. The second-order valence-corrected chi connectivity index (χ2v) is 14.1. The van der Waals surface area contributed by atoms with Crippen molar-refractivity contribution in [3.63, 3.8) is 0 Å². The summed E-state index contributed by atoms with van der Waals surface area (Å²) < 4.78 is 10.6. The smallest absolute Gasteiger partial charge is 0.326 e. The van der Waals surface area contributed by atoms with E-state index in [2.05, 4.69) is 21.3 Å². The van der Waals surface area contributed by atoms with Crippen LogP contribution in [0.5, 0.6) is 0 Å². The van der Waals surface area contributed by atoms with Crippen LogP contribution in [0, 0.1) is 0 Å². The van der Waals surface area contributed by atoms with E-state index in [0.717, 1.165) is 32.0 Å². The van der Waals surface area contributed by atoms with E-state index in [1.807, 2.05) is 0 Å². The van der Waals surface area contributed by atoms with Gasteiger partial charge in [-0.3, -0.25) is 19.2 Å². The summed E-state index contributed by atoms with van der Waals surface area (Å²) in [4.78, 5) is 69.2. The lowest BCUT2D eigenvalue weighted by atomic mass is 10.0. The summed E-state index contributed by atoms with van der Waals surface area (Å²) in [6, 6.07) is -1.71. The largest absolute Gasteiger partial charge is 0.480 e. The Hall–Kier alpha value is -3.10. The lowest BCUT2D eigenvalue weighted by Gasteiger charge is -2.14. The van der Waals surface area contributed by atoms with Crippen molar-refractivity contribution in [1.82, 2.24) is 21.3 Å². The minimum absolute atomic E-state index is 0.00649. The van der Waals surface area contributed by atoms with Gasteiger partial charge in [0.2, 0.25) is 17.7 Å². The highest BCUT2D eigenvalue weighted by molar-refractivity contribution is 5.84. The number of amides is 3. The topological polar surface area (TPSA) is 209 Å². The van der Waals surface area contributed by atoms with Crippen LogP contribution in [-0.4, -0.2) is 105 Å². The standard InChI is InChI=1S/C40H74N4O10/c1-41-34(39(49)50)23-20-21-27-42-38(48)33-54-32-31-53-30-28-43-36(46)26-25-35(40(51)52)44-37(47)24-19-17-15-13-11-9-7-5-3-2-4-6-8-10-12-14-16-18-22-29-45/h29,34-35,41H,2-28,30-33H2,1H3,(H,42,48)(H,43,46)(H,44,47)(H,49,50)(H,51,52)/t34-,35-/m0/s1. The number of hydrogen-bond acceptors (Lipinski definition) is 9. The van der Waals surface area contributed by atoms with Crippen molar-refractivity contribution in [2.24, 2.45) is 0 Å². The van der Waals surface area contributed by atoms with E-state index in [4.69, 9.17) is 14.6 Å². The Kier molecular flexibility index (Phi) is 36.0. The van der Waals surface area contributed by atoms with Crippen LogP contribution in [0.4, 0.5) is 0 Å². The van der Waals surface area contributed by atoms with Crippen LogP contribution < -0.4 is 21.3 Å². The summed E-state index contributed by atoms with van der Waals surface area (Å²) in [7, 11) is 1.60. The van der Waals surface area contributed by atoms with Crippen molar-refractivity contribution >= 4 is 35.9 Å². The summed E-state index contributed by atoms with van der Waals surface area (Å²) in [5, 5.41) is 29.1. The Morgan fingerprint density at radius 2 is 1.02 bits per heavy atom. The molecule has 14 nitrogen and oxygen atoms in total. The van der Waals surface area contributed by atoms with Crippen molar-refractivity contribution in [3.05, 3.63) is 0 Å². The van der Waals surface area contributed by atoms with E-state index in [1.165, 1.54) is 83.5 Å². The number of carbonyl (C=O) groups is 6. The molecule has 0 spiro atoms. The predicted molar refractivity (Wildman–Crippen MR) is 209 cm³/mol. The zero-order chi connectivity index (χ0) is 39.9. The van der Waals surface area contributed by atoms with Crippen LogP contribution in [0.15, 0.2) is 0 Å². The average molecular weight is 771 g/mol. The summed E-state index contributed by atoms with van der Waals surface area (Å²) >= 11 is 0. The number of carbonyl (C=O) groups excluding carboxylic acids is 4. The predicted octanol–water partition coefficient (Wildman–Crippen LogP) is 5.45. The van der Waals surface area contributed by atoms with E-state index in [0.29, 0.717) is 38.6 Å². The molecule has 0 aromatic rings. The number of aliphatic carboxylic acids is 2. The molecule has 0 aliphatic carbocycles. The number of unbranched alkanes of at least 4 members (excludes halogenated alkanes) is 19. The van der Waals surface area contributed by atoms with Crippen LogP contribution in [0.25, 0.3) is 0 Å². The maximum Gasteiger partial charge on any atom is 0.326 e. The number of aldehydes is 1. The fourth-order valence-electron chi connectivity index (χ4n) is 6.02. The molecule has 0 unspecified atom stereocenters. The molecule has 0 heterocycles. The first-order valence-electron chi connectivity index (χ1n) is 20.8. The molecule has 0 aliphatic rings. The first kappa shape index (κ1) is 50.9. The van der Waals surface area contributed by atoms with E-state index in [-0.39, 0.29) is 70.0 Å². The van der Waals surface area contributed by atoms with Crippen molar-refractivity contribution in [1.29, 1.82) is 0 Å². The van der Waals surface area contributed by atoms with Gasteiger partial charge < -0.3 is 45.7 Å². The molecule has 0 bridgehead atoms. The highest BCUT2D eigenvalue weighted by Gasteiger charge is 2.21. The highest BCUT2D eigenvalue weighted by atomic mass is 16.5. The SMILES string of the molecule is CN[C@@H](CCCCNC(=O)COCCOCCNC(=O)CC[C@H](NC(=O)CCCCCCCCCCCCCCCCCCCCC=O)C(=O)O)C(=O)O. The van der Waals surface area contributed by atoms with Gasteiger partial charge in [0, 0.05) is 32.4 Å². The van der Waals surface area contributed by atoms with Crippen molar-refractivity contribution in [2.75, 3.05) is 46.6 Å². The van der Waals surface area contributed by atoms with Gasteiger partial charge in [-0.05, 0) is 45.6 Å². The van der Waals surface area contributed by atoms with Gasteiger partial charge in [0.25, 0.3) is 0 Å². The zero-order valence-corrected chi connectivity index (χ0v) is 33.3. The van der Waals surface area contributed by atoms with Crippen molar-refractivity contribution < 1.29 is 48.5 Å². The van der Waals surface area contributed by atoms with Crippen LogP contribution in [-0.2, 0) is 38.2 Å². The molecule has 314 valence electrons. The van der Waals surface area contributed by atoms with Gasteiger partial charge in [-0.15, -0.1) is 0 Å². The Morgan fingerprint density at radius 1 is 0.519 bits per heavy atom. The first-order valence-corrected chi connectivity index (χ1v) is 20.8. The normalized spacial score (nSPS) is 12.2. The maximum atomic E-state index is 12.3. The van der Waals surface area contributed by atoms with Gasteiger partial charge in [0.15, 0.2) is 0 Å². The number of carboxylic acids is 2. The monoisotopic (exact) mass is 771 g/mol. The Bertz CT molecular complexity index is 984. The molecule has 0 radical (unpaired) electrons. The minimum atomic E-state index is -1.17. The average Bonchev–Trinajstić information content (AvgIpc) is 3.14. The molecule has 3 amide bonds. The van der Waals surface area contributed by atoms with E-state index >= 15 is 0 Å². The fraction of sp³-hybridized carbons (Fsp3) is 0.850. The van der Waals surface area contributed by atoms with Gasteiger partial charge in [0.05, 0.1) is 19.8 Å². The third kappa shape index (κ3) is 34.7. The van der Waals surface area contributed by atoms with Gasteiger partial charge in [-0.1, -0.05) is 103 Å². The lowest BCUT2D eigenvalue weighted by molar-refractivity contribution is -0.142. The number of ether oxygens (including phenoxy) is 2. The highest BCUT2D eigenvalue weighted by Crippen LogP contribution is 2.15. The van der Waals surface area contributed by atoms with E-state index in [9.17, 15) is 33.9 Å². The molecule has 0 saturated carbocycles. The second kappa shape index (κ2) is 38.2. The van der Waals surface area contributed by atoms with Crippen LogP contribution in [0.3, 0.4) is 0 Å². The Labute approximate surface area is 324 Å². The summed E-state index contributed by atoms with van der Waals surface area (Å²) in [6.45, 7) is 1.18. The van der Waals surface area contributed by atoms with Gasteiger partial charge in [0.1, 0.15) is 25.0 Å². The molecule has 0 saturated heterocycles. The summed E-state index contributed by atoms with van der Waals surface area (Å²) in [5.41, 5.74) is 0. The molecule has 0 fully saturated rings. The molecule has 0 aliphatic heterocycles. The molecule has 2 atom stereocenters. The van der Waals surface area contributed by atoms with E-state index in [1.54, 1.807) is 7.05 Å². The third-order valence-electron chi connectivity index (χ3n) is 9.33. The zero-order valence-electron chi connectivity index (χ0n) is 33.3. The van der Waals surface area contributed by atoms with Crippen LogP contribution in [0.2, 0.25) is 0 Å². The molecular formula is C40H74N4O10. The maximum absolute atomic E-state index is 12.3. The quantitative estimate of drug-likeness (QED) is 0.0340. The summed E-state index contributed by atoms with van der Waals surface area (Å²) in [5.74, 6) is -2.97. The molecule has 0 aromatic heterocycles. The Morgan fingerprint density at radius 3 is 1.54 bits per heavy atom. The molecule has 0 aromatic carbocycles. The Balaban J connectivity index is 3.66. The fourth-order valence-corrected chi connectivity index (χ4v) is 6.02. The lowest BCUT2D eigenvalue weighted by Crippen LogP contribution is -2.41. The van der Waals surface area contributed by atoms with Gasteiger partial charge >= 0.3 is 11.9 Å². The van der Waals surface area contributed by atoms with Crippen molar-refractivity contribution in [2.45, 2.75) is 173 Å². The number of rotatable bonds is 41. The van der Waals surface area contributed by atoms with E-state index < -0.39 is 24.0 Å². The number of hydrogen-bond donors (Lipinski definition) is 6. The van der Waals surface area contributed by atoms with Gasteiger partial charge in [-0.25, -0.2) is 4.79 Å². The number of nitrogens with one attached hydrogen (secondary N) is 4. The number of likely N-dealkylation sites (N-methyl/N-ethyl adjacent to an activating group) is 1. The van der Waals surface area contributed by atoms with Crippen molar-refractivity contribution in [3.8, 4) is 0 Å². The molecule has 0 rings (SSSR count). The molecular weight excluding hydrogens is 696 g/mol. The van der Waals surface area contributed by atoms with Gasteiger partial charge in [-0.2, -0.15) is 0 Å². The first-order chi connectivity index (χ1) is 26.2. The van der Waals surface area contributed by atoms with Crippen LogP contribution >= 0.6 is 0 Å². The summed E-state index contributed by atoms with van der Waals surface area (Å²) in [6.07, 6.45) is 25.4. The molecule has 6 N–H and O–H groups in total. The third-order valence-corrected chi connectivity index (χ3v) is 9.33. The van der Waals surface area contributed by atoms with Crippen LogP contribution in [0.1, 0.15) is 161 Å². The minimum Gasteiger partial charge on any atom is -0.480 e. The molecule has 54 heavy (non-hydrogen) atoms.